The number of hydrogen-bond acceptors (Lipinski definition) is 5. The first kappa shape index (κ1) is 17.1. The molecule has 1 amide bonds. The van der Waals surface area contributed by atoms with Gasteiger partial charge in [-0.2, -0.15) is 4.98 Å². The molecule has 1 fully saturated rings. The maximum Gasteiger partial charge on any atom is 0.232 e. The Morgan fingerprint density at radius 2 is 2.12 bits per heavy atom. The summed E-state index contributed by atoms with van der Waals surface area (Å²) in [5.74, 6) is 0.657. The number of benzene rings is 1. The van der Waals surface area contributed by atoms with Crippen LogP contribution >= 0.6 is 11.3 Å². The van der Waals surface area contributed by atoms with Gasteiger partial charge in [-0.15, -0.1) is 0 Å². The molecule has 0 spiro atoms. The number of fused-ring (bicyclic) bond motifs is 2. The highest BCUT2D eigenvalue weighted by atomic mass is 32.1. The number of para-hydroxylation sites is 1. The van der Waals surface area contributed by atoms with Crippen LogP contribution in [-0.2, 0) is 4.79 Å². The van der Waals surface area contributed by atoms with Gasteiger partial charge in [0.15, 0.2) is 5.13 Å². The van der Waals surface area contributed by atoms with Crippen molar-refractivity contribution in [3.63, 3.8) is 0 Å². The van der Waals surface area contributed by atoms with Crippen LogP contribution in [0.2, 0.25) is 0 Å². The molecule has 0 saturated heterocycles. The van der Waals surface area contributed by atoms with Crippen molar-refractivity contribution in [1.29, 1.82) is 0 Å². The summed E-state index contributed by atoms with van der Waals surface area (Å²) < 4.78 is 0. The molecule has 3 N–H and O–H groups in total. The van der Waals surface area contributed by atoms with Gasteiger partial charge in [0.2, 0.25) is 11.8 Å². The second kappa shape index (κ2) is 7.11. The van der Waals surface area contributed by atoms with Gasteiger partial charge in [-0.1, -0.05) is 48.6 Å². The highest BCUT2D eigenvalue weighted by Gasteiger charge is 2.36. The third kappa shape index (κ3) is 3.33. The lowest BCUT2D eigenvalue weighted by Gasteiger charge is -2.18. The van der Waals surface area contributed by atoms with Crippen LogP contribution in [0.5, 0.6) is 5.88 Å². The summed E-state index contributed by atoms with van der Waals surface area (Å²) in [6, 6.07) is 9.75. The first-order valence-electron chi connectivity index (χ1n) is 9.14. The van der Waals surface area contributed by atoms with E-state index in [-0.39, 0.29) is 11.8 Å². The lowest BCUT2D eigenvalue weighted by molar-refractivity contribution is -0.117. The predicted octanol–water partition coefficient (Wildman–Crippen LogP) is 4.36. The quantitative estimate of drug-likeness (QED) is 0.662. The second-order valence-electron chi connectivity index (χ2n) is 7.05. The van der Waals surface area contributed by atoms with E-state index in [9.17, 15) is 9.90 Å². The number of rotatable bonds is 6. The monoisotopic (exact) mass is 369 g/mol. The number of amides is 1. The highest BCUT2D eigenvalue weighted by molar-refractivity contribution is 7.16. The van der Waals surface area contributed by atoms with E-state index in [0.717, 1.165) is 12.1 Å². The topological polar surface area (TPSA) is 74.2 Å². The molecule has 6 heteroatoms. The molecule has 4 atom stereocenters. The summed E-state index contributed by atoms with van der Waals surface area (Å²) in [6.07, 6.45) is 7.50. The van der Waals surface area contributed by atoms with Crippen LogP contribution in [-0.4, -0.2) is 22.0 Å². The van der Waals surface area contributed by atoms with Crippen molar-refractivity contribution < 1.29 is 9.90 Å². The van der Waals surface area contributed by atoms with Crippen molar-refractivity contribution in [3.05, 3.63) is 47.4 Å². The normalized spacial score (nSPS) is 24.6. The molecule has 5 nitrogen and oxygen atoms in total. The molecule has 1 heterocycles. The van der Waals surface area contributed by atoms with Gasteiger partial charge in [-0.25, -0.2) is 0 Å². The van der Waals surface area contributed by atoms with E-state index in [1.807, 2.05) is 37.3 Å². The number of nitrogens with zero attached hydrogens (tertiary/aromatic N) is 1. The van der Waals surface area contributed by atoms with Gasteiger partial charge in [-0.05, 0) is 43.2 Å². The first-order valence-corrected chi connectivity index (χ1v) is 9.96. The smallest absolute Gasteiger partial charge is 0.232 e. The van der Waals surface area contributed by atoms with E-state index in [2.05, 4.69) is 27.8 Å². The second-order valence-corrected chi connectivity index (χ2v) is 8.08. The molecule has 1 aromatic heterocycles. The van der Waals surface area contributed by atoms with Gasteiger partial charge in [-0.3, -0.25) is 4.79 Å². The van der Waals surface area contributed by atoms with E-state index in [1.54, 1.807) is 0 Å². The molecule has 4 rings (SSSR count). The van der Waals surface area contributed by atoms with E-state index in [1.165, 1.54) is 17.8 Å². The maximum atomic E-state index is 12.7. The SMILES string of the molecule is CCC(C(=O)Nc1ccccc1)c1sc(NC2CC3C=CC2C3)nc1O. The Kier molecular flexibility index (Phi) is 4.68. The minimum absolute atomic E-state index is 0.0359. The third-order valence-electron chi connectivity index (χ3n) is 5.30. The molecule has 136 valence electrons. The Balaban J connectivity index is 1.47. The zero-order valence-corrected chi connectivity index (χ0v) is 15.5. The third-order valence-corrected chi connectivity index (χ3v) is 6.39. The molecule has 2 bridgehead atoms. The molecule has 2 aliphatic rings. The number of hydrogen-bond donors (Lipinski definition) is 3. The molecule has 4 unspecified atom stereocenters. The Bertz CT molecular complexity index is 818. The molecule has 26 heavy (non-hydrogen) atoms. The maximum absolute atomic E-state index is 12.7. The summed E-state index contributed by atoms with van der Waals surface area (Å²) >= 11 is 1.39. The minimum Gasteiger partial charge on any atom is -0.492 e. The van der Waals surface area contributed by atoms with Crippen LogP contribution in [0.4, 0.5) is 10.8 Å². The van der Waals surface area contributed by atoms with Crippen molar-refractivity contribution in [1.82, 2.24) is 4.98 Å². The van der Waals surface area contributed by atoms with Crippen molar-refractivity contribution in [3.8, 4) is 5.88 Å². The zero-order valence-electron chi connectivity index (χ0n) is 14.7. The molecular formula is C20H23N3O2S. The molecule has 2 aliphatic carbocycles. The van der Waals surface area contributed by atoms with E-state index >= 15 is 0 Å². The lowest BCUT2D eigenvalue weighted by Crippen LogP contribution is -2.23. The van der Waals surface area contributed by atoms with Crippen LogP contribution in [0, 0.1) is 11.8 Å². The summed E-state index contributed by atoms with van der Waals surface area (Å²) in [6.45, 7) is 1.95. The number of anilines is 2. The Hall–Kier alpha value is -2.34. The van der Waals surface area contributed by atoms with Crippen LogP contribution in [0.1, 0.15) is 37.0 Å². The molecule has 0 radical (unpaired) electrons. The zero-order chi connectivity index (χ0) is 18.1. The van der Waals surface area contributed by atoms with Gasteiger partial charge in [0, 0.05) is 11.7 Å². The summed E-state index contributed by atoms with van der Waals surface area (Å²) in [4.78, 5) is 17.6. The standard InChI is InChI=1S/C20H23N3O2S/c1-2-15(18(24)21-14-6-4-3-5-7-14)17-19(25)23-20(26-17)22-16-11-12-8-9-13(16)10-12/h3-9,12-13,15-16,25H,2,10-11H2,1H3,(H,21,24)(H,22,23). The number of aromatic hydroxyl groups is 1. The summed E-state index contributed by atoms with van der Waals surface area (Å²) in [5, 5.41) is 17.4. The molecule has 2 aromatic rings. The first-order chi connectivity index (χ1) is 12.6. The average Bonchev–Trinajstić information content (AvgIpc) is 3.33. The fourth-order valence-corrected chi connectivity index (χ4v) is 5.06. The Morgan fingerprint density at radius 1 is 1.31 bits per heavy atom. The Morgan fingerprint density at radius 3 is 2.77 bits per heavy atom. The number of carbonyl (C=O) groups excluding carboxylic acids is 1. The average molecular weight is 369 g/mol. The van der Waals surface area contributed by atoms with Crippen molar-refractivity contribution in [2.75, 3.05) is 10.6 Å². The van der Waals surface area contributed by atoms with E-state index < -0.39 is 5.92 Å². The van der Waals surface area contributed by atoms with Gasteiger partial charge >= 0.3 is 0 Å². The number of thiazole rings is 1. The molecular weight excluding hydrogens is 346 g/mol. The fraction of sp³-hybridized carbons (Fsp3) is 0.400. The molecule has 0 aliphatic heterocycles. The molecule has 1 aromatic carbocycles. The van der Waals surface area contributed by atoms with Crippen LogP contribution in [0.3, 0.4) is 0 Å². The largest absolute Gasteiger partial charge is 0.492 e. The number of allylic oxidation sites excluding steroid dienone is 1. The minimum atomic E-state index is -0.414. The summed E-state index contributed by atoms with van der Waals surface area (Å²) in [7, 11) is 0. The number of carbonyl (C=O) groups is 1. The predicted molar refractivity (Wildman–Crippen MR) is 105 cm³/mol. The van der Waals surface area contributed by atoms with Gasteiger partial charge in [0.05, 0.1) is 10.8 Å². The van der Waals surface area contributed by atoms with Gasteiger partial charge in [0.1, 0.15) is 0 Å². The molecule has 1 saturated carbocycles. The van der Waals surface area contributed by atoms with Gasteiger partial charge in [0.25, 0.3) is 0 Å². The van der Waals surface area contributed by atoms with Crippen LogP contribution in [0.25, 0.3) is 0 Å². The lowest BCUT2D eigenvalue weighted by atomic mass is 10.0. The fourth-order valence-electron chi connectivity index (χ4n) is 3.96. The number of aromatic nitrogens is 1. The van der Waals surface area contributed by atoms with Crippen LogP contribution < -0.4 is 10.6 Å². The summed E-state index contributed by atoms with van der Waals surface area (Å²) in [5.41, 5.74) is 0.757. The van der Waals surface area contributed by atoms with E-state index in [4.69, 9.17) is 0 Å². The number of nitrogens with one attached hydrogen (secondary N) is 2. The highest BCUT2D eigenvalue weighted by Crippen LogP contribution is 2.42. The van der Waals surface area contributed by atoms with Crippen molar-refractivity contribution >= 4 is 28.1 Å². The van der Waals surface area contributed by atoms with Crippen molar-refractivity contribution in [2.24, 2.45) is 11.8 Å². The van der Waals surface area contributed by atoms with Crippen molar-refractivity contribution in [2.45, 2.75) is 38.1 Å². The van der Waals surface area contributed by atoms with E-state index in [0.29, 0.717) is 34.3 Å². The Labute approximate surface area is 157 Å². The van der Waals surface area contributed by atoms with Crippen LogP contribution in [0.15, 0.2) is 42.5 Å². The van der Waals surface area contributed by atoms with Gasteiger partial charge < -0.3 is 15.7 Å².